The Morgan fingerprint density at radius 2 is 2.00 bits per heavy atom. The van der Waals surface area contributed by atoms with Gasteiger partial charge >= 0.3 is 0 Å². The number of sulfonamides is 1. The topological polar surface area (TPSA) is 76.3 Å². The summed E-state index contributed by atoms with van der Waals surface area (Å²) >= 11 is 0. The van der Waals surface area contributed by atoms with Crippen molar-refractivity contribution in [2.75, 3.05) is 19.3 Å². The maximum Gasteiger partial charge on any atom is 0.214 e. The minimum atomic E-state index is -3.22. The molecule has 5 nitrogen and oxygen atoms in total. The molecule has 0 aliphatic rings. The van der Waals surface area contributed by atoms with Gasteiger partial charge in [-0.25, -0.2) is 12.7 Å². The zero-order valence-electron chi connectivity index (χ0n) is 10.2. The van der Waals surface area contributed by atoms with Crippen molar-refractivity contribution in [3.63, 3.8) is 0 Å². The van der Waals surface area contributed by atoms with Gasteiger partial charge in [0.1, 0.15) is 0 Å². The van der Waals surface area contributed by atoms with E-state index in [-0.39, 0.29) is 11.8 Å². The first kappa shape index (κ1) is 14.1. The average molecular weight is 257 g/mol. The number of nitrogens with two attached hydrogens (primary N) is 1. The fraction of sp³-hybridized carbons (Fsp3) is 0.545. The molecule has 0 aliphatic carbocycles. The van der Waals surface area contributed by atoms with Crippen LogP contribution in [0.25, 0.3) is 0 Å². The van der Waals surface area contributed by atoms with Crippen LogP contribution in [-0.4, -0.2) is 43.1 Å². The SMILES string of the molecule is CC(N)CN(C)S(=O)(=O)CCc1ccncc1. The van der Waals surface area contributed by atoms with Gasteiger partial charge in [-0.3, -0.25) is 4.98 Å². The monoisotopic (exact) mass is 257 g/mol. The van der Waals surface area contributed by atoms with E-state index in [9.17, 15) is 8.42 Å². The average Bonchev–Trinajstić information content (AvgIpc) is 2.27. The van der Waals surface area contributed by atoms with Gasteiger partial charge in [0.15, 0.2) is 0 Å². The first-order valence-electron chi connectivity index (χ1n) is 5.50. The van der Waals surface area contributed by atoms with Crippen molar-refractivity contribution >= 4 is 10.0 Å². The molecule has 17 heavy (non-hydrogen) atoms. The number of likely N-dealkylation sites (N-methyl/N-ethyl adjacent to an activating group) is 1. The maximum atomic E-state index is 11.9. The van der Waals surface area contributed by atoms with Gasteiger partial charge in [-0.1, -0.05) is 0 Å². The molecule has 1 aromatic heterocycles. The van der Waals surface area contributed by atoms with E-state index >= 15 is 0 Å². The molecule has 0 aromatic carbocycles. The lowest BCUT2D eigenvalue weighted by atomic mass is 10.2. The van der Waals surface area contributed by atoms with Gasteiger partial charge < -0.3 is 5.73 Å². The van der Waals surface area contributed by atoms with Crippen molar-refractivity contribution in [2.45, 2.75) is 19.4 Å². The Kier molecular flexibility index (Phi) is 5.04. The molecule has 1 atom stereocenters. The van der Waals surface area contributed by atoms with Crippen LogP contribution in [0.3, 0.4) is 0 Å². The van der Waals surface area contributed by atoms with Gasteiger partial charge in [0, 0.05) is 32.0 Å². The van der Waals surface area contributed by atoms with Gasteiger partial charge in [0.05, 0.1) is 5.75 Å². The number of aromatic nitrogens is 1. The molecule has 1 rings (SSSR count). The highest BCUT2D eigenvalue weighted by Crippen LogP contribution is 2.04. The molecule has 1 unspecified atom stereocenters. The Labute approximate surface area is 103 Å². The number of pyridine rings is 1. The highest BCUT2D eigenvalue weighted by atomic mass is 32.2. The molecule has 0 aliphatic heterocycles. The van der Waals surface area contributed by atoms with Crippen LogP contribution in [0, 0.1) is 0 Å². The third-order valence-electron chi connectivity index (χ3n) is 2.42. The summed E-state index contributed by atoms with van der Waals surface area (Å²) in [6.45, 7) is 2.13. The van der Waals surface area contributed by atoms with Crippen molar-refractivity contribution in [3.05, 3.63) is 30.1 Å². The van der Waals surface area contributed by atoms with Crippen molar-refractivity contribution < 1.29 is 8.42 Å². The predicted octanol–water partition coefficient (Wildman–Crippen LogP) is 0.233. The second kappa shape index (κ2) is 6.09. The predicted molar refractivity (Wildman–Crippen MR) is 68.0 cm³/mol. The first-order valence-corrected chi connectivity index (χ1v) is 7.11. The van der Waals surface area contributed by atoms with Crippen molar-refractivity contribution in [1.82, 2.24) is 9.29 Å². The van der Waals surface area contributed by atoms with Crippen LogP contribution in [0.2, 0.25) is 0 Å². The summed E-state index contributed by atoms with van der Waals surface area (Å²) in [7, 11) is -1.66. The Balaban J connectivity index is 2.56. The molecule has 0 radical (unpaired) electrons. The van der Waals surface area contributed by atoms with Crippen LogP contribution in [0.4, 0.5) is 0 Å². The Hall–Kier alpha value is -0.980. The highest BCUT2D eigenvalue weighted by molar-refractivity contribution is 7.89. The van der Waals surface area contributed by atoms with E-state index in [0.29, 0.717) is 13.0 Å². The van der Waals surface area contributed by atoms with E-state index in [1.165, 1.54) is 4.31 Å². The molecular weight excluding hydrogens is 238 g/mol. The van der Waals surface area contributed by atoms with Crippen LogP contribution in [0.15, 0.2) is 24.5 Å². The number of nitrogens with zero attached hydrogens (tertiary/aromatic N) is 2. The van der Waals surface area contributed by atoms with Crippen LogP contribution in [0.1, 0.15) is 12.5 Å². The van der Waals surface area contributed by atoms with Gasteiger partial charge in [-0.2, -0.15) is 0 Å². The zero-order chi connectivity index (χ0) is 12.9. The molecule has 1 heterocycles. The van der Waals surface area contributed by atoms with E-state index in [4.69, 9.17) is 5.73 Å². The Bertz CT molecular complexity index is 431. The van der Waals surface area contributed by atoms with Crippen molar-refractivity contribution in [2.24, 2.45) is 5.73 Å². The second-order valence-electron chi connectivity index (χ2n) is 4.18. The molecule has 96 valence electrons. The fourth-order valence-corrected chi connectivity index (χ4v) is 2.74. The number of hydrogen-bond acceptors (Lipinski definition) is 4. The first-order chi connectivity index (χ1) is 7.92. The third-order valence-corrected chi connectivity index (χ3v) is 4.24. The molecule has 0 bridgehead atoms. The number of hydrogen-bond donors (Lipinski definition) is 1. The maximum absolute atomic E-state index is 11.9. The van der Waals surface area contributed by atoms with E-state index < -0.39 is 10.0 Å². The summed E-state index contributed by atoms with van der Waals surface area (Å²) in [6.07, 6.45) is 3.81. The standard InChI is InChI=1S/C11H19N3O2S/c1-10(12)9-14(2)17(15,16)8-5-11-3-6-13-7-4-11/h3-4,6-7,10H,5,8-9,12H2,1-2H3. The summed E-state index contributed by atoms with van der Waals surface area (Å²) in [5.74, 6) is 0.0975. The lowest BCUT2D eigenvalue weighted by Crippen LogP contribution is -2.38. The largest absolute Gasteiger partial charge is 0.327 e. The Morgan fingerprint density at radius 1 is 1.41 bits per heavy atom. The fourth-order valence-electron chi connectivity index (χ4n) is 1.47. The lowest BCUT2D eigenvalue weighted by molar-refractivity contribution is 0.445. The van der Waals surface area contributed by atoms with Crippen LogP contribution < -0.4 is 5.73 Å². The second-order valence-corrected chi connectivity index (χ2v) is 6.37. The van der Waals surface area contributed by atoms with Gasteiger partial charge in [0.2, 0.25) is 10.0 Å². The Morgan fingerprint density at radius 3 is 2.53 bits per heavy atom. The van der Waals surface area contributed by atoms with Crippen LogP contribution in [-0.2, 0) is 16.4 Å². The third kappa shape index (κ3) is 4.80. The van der Waals surface area contributed by atoms with E-state index in [0.717, 1.165) is 5.56 Å². The van der Waals surface area contributed by atoms with Crippen molar-refractivity contribution in [3.8, 4) is 0 Å². The molecule has 6 heteroatoms. The highest BCUT2D eigenvalue weighted by Gasteiger charge is 2.18. The summed E-state index contributed by atoms with van der Waals surface area (Å²) in [5, 5.41) is 0. The van der Waals surface area contributed by atoms with E-state index in [2.05, 4.69) is 4.98 Å². The summed E-state index contributed by atoms with van der Waals surface area (Å²) in [6, 6.07) is 3.48. The number of rotatable bonds is 6. The lowest BCUT2D eigenvalue weighted by Gasteiger charge is -2.18. The molecule has 0 saturated heterocycles. The molecule has 0 saturated carbocycles. The molecular formula is C11H19N3O2S. The molecule has 0 fully saturated rings. The zero-order valence-corrected chi connectivity index (χ0v) is 11.0. The van der Waals surface area contributed by atoms with E-state index in [1.807, 2.05) is 12.1 Å². The summed E-state index contributed by atoms with van der Waals surface area (Å²) in [5.41, 5.74) is 6.55. The van der Waals surface area contributed by atoms with Crippen molar-refractivity contribution in [1.29, 1.82) is 0 Å². The smallest absolute Gasteiger partial charge is 0.214 e. The summed E-state index contributed by atoms with van der Waals surface area (Å²) < 4.78 is 25.1. The minimum Gasteiger partial charge on any atom is -0.327 e. The molecule has 0 amide bonds. The van der Waals surface area contributed by atoms with Gasteiger partial charge in [-0.15, -0.1) is 0 Å². The molecule has 0 spiro atoms. The molecule has 1 aromatic rings. The van der Waals surface area contributed by atoms with Gasteiger partial charge in [0.25, 0.3) is 0 Å². The number of aryl methyl sites for hydroxylation is 1. The minimum absolute atomic E-state index is 0.0975. The van der Waals surface area contributed by atoms with E-state index in [1.54, 1.807) is 26.4 Å². The normalized spacial score (nSPS) is 13.9. The summed E-state index contributed by atoms with van der Waals surface area (Å²) in [4.78, 5) is 3.89. The quantitative estimate of drug-likeness (QED) is 0.791. The van der Waals surface area contributed by atoms with Gasteiger partial charge in [-0.05, 0) is 31.0 Å². The molecule has 2 N–H and O–H groups in total. The van der Waals surface area contributed by atoms with Crippen LogP contribution in [0.5, 0.6) is 0 Å². The van der Waals surface area contributed by atoms with Crippen LogP contribution >= 0.6 is 0 Å².